The van der Waals surface area contributed by atoms with E-state index in [0.717, 1.165) is 0 Å². The summed E-state index contributed by atoms with van der Waals surface area (Å²) in [7, 11) is 0. The first-order valence-corrected chi connectivity index (χ1v) is 6.78. The Kier molecular flexibility index (Phi) is 8.46. The summed E-state index contributed by atoms with van der Waals surface area (Å²) in [6, 6.07) is 8.84. The number of phenols is 4. The van der Waals surface area contributed by atoms with E-state index in [1.54, 1.807) is 13.8 Å². The fourth-order valence-corrected chi connectivity index (χ4v) is 1.28. The third kappa shape index (κ3) is 7.72. The number of phenolic OH excluding ortho intramolecular Hbond substituents is 4. The fraction of sp³-hybridized carbons (Fsp3) is 0.294. The van der Waals surface area contributed by atoms with Gasteiger partial charge in [-0.15, -0.1) is 0 Å². The van der Waals surface area contributed by atoms with Gasteiger partial charge < -0.3 is 20.4 Å². The molecule has 0 radical (unpaired) electrons. The number of rotatable bonds is 0. The Hall–Kier alpha value is -2.36. The maximum absolute atomic E-state index is 8.93. The van der Waals surface area contributed by atoms with Gasteiger partial charge in [-0.1, -0.05) is 20.3 Å². The smallest absolute Gasteiger partial charge is 0.118 e. The van der Waals surface area contributed by atoms with Crippen LogP contribution in [0.25, 0.3) is 0 Å². The Bertz CT molecular complexity index is 501. The van der Waals surface area contributed by atoms with Gasteiger partial charge in [-0.3, -0.25) is 0 Å². The monoisotopic (exact) mass is 292 g/mol. The third-order valence-electron chi connectivity index (χ3n) is 2.36. The van der Waals surface area contributed by atoms with Gasteiger partial charge in [0.25, 0.3) is 0 Å². The van der Waals surface area contributed by atoms with Crippen LogP contribution in [0.4, 0.5) is 0 Å². The Morgan fingerprint density at radius 3 is 1.14 bits per heavy atom. The van der Waals surface area contributed by atoms with Gasteiger partial charge in [-0.05, 0) is 61.4 Å². The van der Waals surface area contributed by atoms with Crippen LogP contribution >= 0.6 is 0 Å². The van der Waals surface area contributed by atoms with E-state index in [-0.39, 0.29) is 23.0 Å². The lowest BCUT2D eigenvalue weighted by Crippen LogP contribution is -1.71. The maximum Gasteiger partial charge on any atom is 0.118 e. The van der Waals surface area contributed by atoms with Gasteiger partial charge >= 0.3 is 0 Å². The summed E-state index contributed by atoms with van der Waals surface area (Å²) in [4.78, 5) is 0. The molecule has 21 heavy (non-hydrogen) atoms. The van der Waals surface area contributed by atoms with Crippen LogP contribution in [0.1, 0.15) is 31.4 Å². The first-order valence-electron chi connectivity index (χ1n) is 6.78. The van der Waals surface area contributed by atoms with Crippen molar-refractivity contribution in [2.24, 2.45) is 0 Å². The van der Waals surface area contributed by atoms with Crippen LogP contribution in [-0.2, 0) is 0 Å². The van der Waals surface area contributed by atoms with Crippen molar-refractivity contribution in [1.82, 2.24) is 0 Å². The summed E-state index contributed by atoms with van der Waals surface area (Å²) < 4.78 is 0. The first-order chi connectivity index (χ1) is 9.81. The quantitative estimate of drug-likeness (QED) is 0.548. The standard InChI is InChI=1S/2C7H8O2.C3H8/c2*1-5-4-6(8)2-3-7(5)9;1-3-2/h2*2-4,8-9H,1H3;3H2,1-2H3. The first kappa shape index (κ1) is 18.6. The minimum absolute atomic E-state index is 0.185. The highest BCUT2D eigenvalue weighted by Gasteiger charge is 1.94. The predicted molar refractivity (Wildman–Crippen MR) is 85.0 cm³/mol. The summed E-state index contributed by atoms with van der Waals surface area (Å²) in [5.74, 6) is 0.802. The summed E-state index contributed by atoms with van der Waals surface area (Å²) in [5.41, 5.74) is 1.38. The molecule has 4 nitrogen and oxygen atoms in total. The SMILES string of the molecule is CCC.Cc1cc(O)ccc1O.Cc1cc(O)ccc1O. The molecule has 4 N–H and O–H groups in total. The van der Waals surface area contributed by atoms with E-state index < -0.39 is 0 Å². The molecule has 0 aromatic heterocycles. The van der Waals surface area contributed by atoms with Gasteiger partial charge in [-0.2, -0.15) is 0 Å². The second-order valence-corrected chi connectivity index (χ2v) is 4.65. The average molecular weight is 292 g/mol. The van der Waals surface area contributed by atoms with Crippen LogP contribution in [0.5, 0.6) is 23.0 Å². The summed E-state index contributed by atoms with van der Waals surface area (Å²) in [5, 5.41) is 35.5. The molecule has 0 saturated carbocycles. The van der Waals surface area contributed by atoms with Gasteiger partial charge in [0.2, 0.25) is 0 Å². The van der Waals surface area contributed by atoms with Gasteiger partial charge in [0, 0.05) is 0 Å². The van der Waals surface area contributed by atoms with E-state index in [4.69, 9.17) is 20.4 Å². The molecule has 2 rings (SSSR count). The molecule has 0 fully saturated rings. The van der Waals surface area contributed by atoms with Crippen LogP contribution in [0.15, 0.2) is 36.4 Å². The van der Waals surface area contributed by atoms with E-state index in [1.165, 1.54) is 42.8 Å². The average Bonchev–Trinajstić information content (AvgIpc) is 2.41. The molecule has 0 bridgehead atoms. The zero-order chi connectivity index (χ0) is 16.4. The van der Waals surface area contributed by atoms with Crippen molar-refractivity contribution >= 4 is 0 Å². The number of hydrogen-bond donors (Lipinski definition) is 4. The molecule has 4 heteroatoms. The Morgan fingerprint density at radius 2 is 0.952 bits per heavy atom. The van der Waals surface area contributed by atoms with Gasteiger partial charge in [-0.25, -0.2) is 0 Å². The largest absolute Gasteiger partial charge is 0.508 e. The predicted octanol–water partition coefficient (Wildman–Crippen LogP) is 4.23. The van der Waals surface area contributed by atoms with Crippen molar-refractivity contribution in [2.75, 3.05) is 0 Å². The van der Waals surface area contributed by atoms with E-state index in [1.807, 2.05) is 0 Å². The minimum atomic E-state index is 0.185. The van der Waals surface area contributed by atoms with E-state index in [0.29, 0.717) is 11.1 Å². The lowest BCUT2D eigenvalue weighted by Gasteiger charge is -1.96. The third-order valence-corrected chi connectivity index (χ3v) is 2.36. The Balaban J connectivity index is 0.000000322. The summed E-state index contributed by atoms with van der Waals surface area (Å²) >= 11 is 0. The van der Waals surface area contributed by atoms with E-state index in [2.05, 4.69) is 13.8 Å². The van der Waals surface area contributed by atoms with E-state index >= 15 is 0 Å². The van der Waals surface area contributed by atoms with Gasteiger partial charge in [0.1, 0.15) is 23.0 Å². The molecule has 0 unspecified atom stereocenters. The van der Waals surface area contributed by atoms with Crippen LogP contribution in [0.3, 0.4) is 0 Å². The highest BCUT2D eigenvalue weighted by molar-refractivity contribution is 5.37. The van der Waals surface area contributed by atoms with Crippen LogP contribution in [-0.4, -0.2) is 20.4 Å². The topological polar surface area (TPSA) is 80.9 Å². The Labute approximate surface area is 126 Å². The normalized spacial score (nSPS) is 8.95. The molecule has 0 spiro atoms. The zero-order valence-corrected chi connectivity index (χ0v) is 13.0. The van der Waals surface area contributed by atoms with Crippen LogP contribution in [0.2, 0.25) is 0 Å². The molecular formula is C17H24O4. The lowest BCUT2D eigenvalue weighted by atomic mass is 10.2. The van der Waals surface area contributed by atoms with Gasteiger partial charge in [0.15, 0.2) is 0 Å². The molecule has 0 aliphatic rings. The highest BCUT2D eigenvalue weighted by atomic mass is 16.3. The minimum Gasteiger partial charge on any atom is -0.508 e. The number of hydrogen-bond acceptors (Lipinski definition) is 4. The van der Waals surface area contributed by atoms with Crippen molar-refractivity contribution in [3.63, 3.8) is 0 Å². The number of aryl methyl sites for hydroxylation is 2. The van der Waals surface area contributed by atoms with Crippen molar-refractivity contribution in [3.05, 3.63) is 47.5 Å². The Morgan fingerprint density at radius 1 is 0.667 bits per heavy atom. The van der Waals surface area contributed by atoms with Crippen molar-refractivity contribution < 1.29 is 20.4 Å². The highest BCUT2D eigenvalue weighted by Crippen LogP contribution is 2.20. The number of benzene rings is 2. The molecule has 0 amide bonds. The molecule has 116 valence electrons. The van der Waals surface area contributed by atoms with Crippen LogP contribution < -0.4 is 0 Å². The second kappa shape index (κ2) is 9.53. The molecule has 0 atom stereocenters. The van der Waals surface area contributed by atoms with Crippen molar-refractivity contribution in [1.29, 1.82) is 0 Å². The fourth-order valence-electron chi connectivity index (χ4n) is 1.28. The molecule has 0 saturated heterocycles. The molecule has 0 heterocycles. The van der Waals surface area contributed by atoms with Gasteiger partial charge in [0.05, 0.1) is 0 Å². The maximum atomic E-state index is 8.93. The number of aromatic hydroxyl groups is 4. The van der Waals surface area contributed by atoms with Crippen molar-refractivity contribution in [3.8, 4) is 23.0 Å². The van der Waals surface area contributed by atoms with E-state index in [9.17, 15) is 0 Å². The summed E-state index contributed by atoms with van der Waals surface area (Å²) in [6.07, 6.45) is 1.25. The summed E-state index contributed by atoms with van der Waals surface area (Å²) in [6.45, 7) is 7.71. The molecule has 0 aliphatic heterocycles. The van der Waals surface area contributed by atoms with Crippen LogP contribution in [0, 0.1) is 13.8 Å². The lowest BCUT2D eigenvalue weighted by molar-refractivity contribution is 0.456. The molecule has 0 aliphatic carbocycles. The molecule has 2 aromatic rings. The second-order valence-electron chi connectivity index (χ2n) is 4.65. The van der Waals surface area contributed by atoms with Crippen molar-refractivity contribution in [2.45, 2.75) is 34.1 Å². The molecule has 2 aromatic carbocycles. The molecular weight excluding hydrogens is 268 g/mol. The zero-order valence-electron chi connectivity index (χ0n) is 13.0.